The first kappa shape index (κ1) is 13.7. The maximum absolute atomic E-state index is 12.7. The minimum atomic E-state index is -0.470. The SMILES string of the molecule is O=C(Nc1ccc(F)cc1Cl)c1cn[nH]n1.[Zn]. The third-order valence-corrected chi connectivity index (χ3v) is 2.14. The van der Waals surface area contributed by atoms with E-state index in [4.69, 9.17) is 11.6 Å². The molecule has 5 nitrogen and oxygen atoms in total. The molecule has 17 heavy (non-hydrogen) atoms. The maximum Gasteiger partial charge on any atom is 0.277 e. The van der Waals surface area contributed by atoms with Gasteiger partial charge in [0.1, 0.15) is 5.82 Å². The summed E-state index contributed by atoms with van der Waals surface area (Å²) in [6.07, 6.45) is 1.27. The van der Waals surface area contributed by atoms with E-state index in [0.717, 1.165) is 6.07 Å². The van der Waals surface area contributed by atoms with Gasteiger partial charge < -0.3 is 5.32 Å². The van der Waals surface area contributed by atoms with E-state index in [1.165, 1.54) is 18.3 Å². The molecular weight excluding hydrogens is 300 g/mol. The molecule has 0 unspecified atom stereocenters. The van der Waals surface area contributed by atoms with Crippen LogP contribution in [-0.4, -0.2) is 21.3 Å². The van der Waals surface area contributed by atoms with Crippen molar-refractivity contribution in [1.82, 2.24) is 15.4 Å². The molecule has 2 aromatic rings. The molecule has 0 aliphatic heterocycles. The molecule has 0 radical (unpaired) electrons. The van der Waals surface area contributed by atoms with Crippen molar-refractivity contribution in [3.8, 4) is 0 Å². The van der Waals surface area contributed by atoms with Gasteiger partial charge in [0.15, 0.2) is 5.69 Å². The van der Waals surface area contributed by atoms with E-state index in [1.54, 1.807) is 0 Å². The first-order valence-corrected chi connectivity index (χ1v) is 4.67. The van der Waals surface area contributed by atoms with Crippen molar-refractivity contribution in [2.45, 2.75) is 0 Å². The monoisotopic (exact) mass is 304 g/mol. The summed E-state index contributed by atoms with van der Waals surface area (Å²) >= 11 is 5.74. The summed E-state index contributed by atoms with van der Waals surface area (Å²) in [4.78, 5) is 11.5. The summed E-state index contributed by atoms with van der Waals surface area (Å²) in [5.41, 5.74) is 0.441. The minimum Gasteiger partial charge on any atom is -0.319 e. The molecule has 1 aromatic carbocycles. The number of aromatic nitrogens is 3. The summed E-state index contributed by atoms with van der Waals surface area (Å²) in [6.45, 7) is 0. The van der Waals surface area contributed by atoms with Crippen molar-refractivity contribution in [1.29, 1.82) is 0 Å². The van der Waals surface area contributed by atoms with Crippen molar-refractivity contribution in [2.75, 3.05) is 5.32 Å². The van der Waals surface area contributed by atoms with Crippen LogP contribution in [0.4, 0.5) is 10.1 Å². The summed E-state index contributed by atoms with van der Waals surface area (Å²) in [5.74, 6) is -0.938. The number of nitrogens with one attached hydrogen (secondary N) is 2. The Morgan fingerprint density at radius 3 is 2.82 bits per heavy atom. The molecule has 1 aromatic heterocycles. The van der Waals surface area contributed by atoms with Gasteiger partial charge in [0.25, 0.3) is 5.91 Å². The van der Waals surface area contributed by atoms with Crippen LogP contribution >= 0.6 is 11.6 Å². The average molecular weight is 306 g/mol. The number of benzene rings is 1. The van der Waals surface area contributed by atoms with E-state index in [2.05, 4.69) is 20.7 Å². The van der Waals surface area contributed by atoms with Crippen LogP contribution in [0.25, 0.3) is 0 Å². The quantitative estimate of drug-likeness (QED) is 0.832. The van der Waals surface area contributed by atoms with Crippen LogP contribution in [0.5, 0.6) is 0 Å². The summed E-state index contributed by atoms with van der Waals surface area (Å²) < 4.78 is 12.7. The van der Waals surface area contributed by atoms with Crippen LogP contribution in [0.15, 0.2) is 24.4 Å². The van der Waals surface area contributed by atoms with Gasteiger partial charge in [-0.25, -0.2) is 4.39 Å². The van der Waals surface area contributed by atoms with Crippen molar-refractivity contribution in [3.63, 3.8) is 0 Å². The van der Waals surface area contributed by atoms with Crippen LogP contribution in [0.1, 0.15) is 10.5 Å². The minimum absolute atomic E-state index is 0. The largest absolute Gasteiger partial charge is 0.319 e. The Morgan fingerprint density at radius 2 is 2.24 bits per heavy atom. The average Bonchev–Trinajstić information content (AvgIpc) is 2.75. The molecule has 0 aliphatic rings. The smallest absolute Gasteiger partial charge is 0.277 e. The fraction of sp³-hybridized carbons (Fsp3) is 0. The van der Waals surface area contributed by atoms with E-state index in [-0.39, 0.29) is 30.2 Å². The Hall–Kier alpha value is -1.33. The van der Waals surface area contributed by atoms with E-state index >= 15 is 0 Å². The number of hydrogen-bond acceptors (Lipinski definition) is 3. The molecule has 0 aliphatic carbocycles. The number of rotatable bonds is 2. The number of halogens is 2. The third kappa shape index (κ3) is 3.31. The molecule has 8 heteroatoms. The van der Waals surface area contributed by atoms with Crippen LogP contribution in [0.3, 0.4) is 0 Å². The molecule has 0 fully saturated rings. The van der Waals surface area contributed by atoms with Gasteiger partial charge in [-0.2, -0.15) is 15.4 Å². The zero-order valence-corrected chi connectivity index (χ0v) is 12.3. The number of hydrogen-bond donors (Lipinski definition) is 2. The first-order valence-electron chi connectivity index (χ1n) is 4.29. The fourth-order valence-corrected chi connectivity index (χ4v) is 1.30. The van der Waals surface area contributed by atoms with Gasteiger partial charge in [0, 0.05) is 19.5 Å². The number of amides is 1. The van der Waals surface area contributed by atoms with Gasteiger partial charge in [-0.15, -0.1) is 0 Å². The molecule has 2 N–H and O–H groups in total. The molecule has 0 spiro atoms. The van der Waals surface area contributed by atoms with Crippen molar-refractivity contribution in [2.24, 2.45) is 0 Å². The molecule has 1 amide bonds. The second-order valence-electron chi connectivity index (χ2n) is 2.93. The Balaban J connectivity index is 0.00000144. The van der Waals surface area contributed by atoms with Gasteiger partial charge >= 0.3 is 0 Å². The molecular formula is C9H6ClFN4OZn. The van der Waals surface area contributed by atoms with Crippen LogP contribution in [-0.2, 0) is 19.5 Å². The number of nitrogens with zero attached hydrogens (tertiary/aromatic N) is 2. The van der Waals surface area contributed by atoms with E-state index in [9.17, 15) is 9.18 Å². The maximum atomic E-state index is 12.7. The number of aromatic amines is 1. The molecule has 0 atom stereocenters. The molecule has 2 rings (SSSR count). The topological polar surface area (TPSA) is 70.7 Å². The summed E-state index contributed by atoms with van der Waals surface area (Å²) in [6, 6.07) is 3.68. The van der Waals surface area contributed by atoms with E-state index < -0.39 is 11.7 Å². The van der Waals surface area contributed by atoms with E-state index in [1.807, 2.05) is 0 Å². The zero-order chi connectivity index (χ0) is 11.5. The standard InChI is InChI=1S/C9H6ClFN4O.Zn/c10-6-3-5(11)1-2-7(6)13-9(16)8-4-12-15-14-8;/h1-4H,(H,13,16)(H,12,14,15);. The molecule has 0 saturated carbocycles. The summed E-state index contributed by atoms with van der Waals surface area (Å²) in [7, 11) is 0. The second kappa shape index (κ2) is 5.84. The Morgan fingerprint density at radius 1 is 1.47 bits per heavy atom. The van der Waals surface area contributed by atoms with Crippen LogP contribution in [0.2, 0.25) is 5.02 Å². The predicted octanol–water partition coefficient (Wildman–Crippen LogP) is 1.85. The van der Waals surface area contributed by atoms with Crippen LogP contribution in [0, 0.1) is 5.82 Å². The van der Waals surface area contributed by atoms with Crippen LogP contribution < -0.4 is 5.32 Å². The van der Waals surface area contributed by atoms with Crippen molar-refractivity contribution in [3.05, 3.63) is 40.9 Å². The predicted molar refractivity (Wildman–Crippen MR) is 55.7 cm³/mol. The number of H-pyrrole nitrogens is 1. The third-order valence-electron chi connectivity index (χ3n) is 1.83. The molecule has 1 heterocycles. The Kier molecular flexibility index (Phi) is 4.72. The van der Waals surface area contributed by atoms with Gasteiger partial charge in [-0.3, -0.25) is 4.79 Å². The number of carbonyl (C=O) groups excluding carboxylic acids is 1. The fourth-order valence-electron chi connectivity index (χ4n) is 1.09. The first-order chi connectivity index (χ1) is 7.66. The Bertz CT molecular complexity index is 520. The van der Waals surface area contributed by atoms with Gasteiger partial charge in [0.05, 0.1) is 16.9 Å². The normalized spacial score (nSPS) is 9.53. The second-order valence-corrected chi connectivity index (χ2v) is 3.34. The van der Waals surface area contributed by atoms with Gasteiger partial charge in [0.2, 0.25) is 0 Å². The molecule has 0 bridgehead atoms. The molecule has 84 valence electrons. The van der Waals surface area contributed by atoms with Crippen molar-refractivity contribution < 1.29 is 28.7 Å². The Labute approximate surface area is 114 Å². The number of carbonyl (C=O) groups is 1. The molecule has 0 saturated heterocycles. The van der Waals surface area contributed by atoms with E-state index in [0.29, 0.717) is 5.69 Å². The zero-order valence-electron chi connectivity index (χ0n) is 8.58. The van der Waals surface area contributed by atoms with Gasteiger partial charge in [-0.05, 0) is 18.2 Å². The van der Waals surface area contributed by atoms with Crippen molar-refractivity contribution >= 4 is 23.2 Å². The number of anilines is 1. The summed E-state index contributed by atoms with van der Waals surface area (Å²) in [5, 5.41) is 12.0. The van der Waals surface area contributed by atoms with Gasteiger partial charge in [-0.1, -0.05) is 11.6 Å².